The molecule has 0 saturated carbocycles. The lowest BCUT2D eigenvalue weighted by atomic mass is 10.0. The summed E-state index contributed by atoms with van der Waals surface area (Å²) >= 11 is 0. The molecule has 0 aliphatic rings. The number of aromatic nitrogens is 7. The number of carbonyl (C=O) groups excluding carboxylic acids is 1. The Labute approximate surface area is 215 Å². The molecule has 38 heavy (non-hydrogen) atoms. The first kappa shape index (κ1) is 23.5. The van der Waals surface area contributed by atoms with Gasteiger partial charge < -0.3 is 5.32 Å². The Kier molecular flexibility index (Phi) is 5.31. The van der Waals surface area contributed by atoms with E-state index >= 15 is 0 Å². The van der Waals surface area contributed by atoms with Crippen LogP contribution in [0.25, 0.3) is 38.9 Å². The summed E-state index contributed by atoms with van der Waals surface area (Å²) in [6, 6.07) is 9.20. The van der Waals surface area contributed by atoms with Crippen LogP contribution in [0.5, 0.6) is 0 Å². The summed E-state index contributed by atoms with van der Waals surface area (Å²) < 4.78 is 46.1. The van der Waals surface area contributed by atoms with Crippen LogP contribution in [0.1, 0.15) is 10.4 Å². The lowest BCUT2D eigenvalue weighted by Crippen LogP contribution is -2.19. The molecule has 1 aromatic carbocycles. The van der Waals surface area contributed by atoms with Crippen LogP contribution in [0.3, 0.4) is 0 Å². The van der Waals surface area contributed by atoms with E-state index < -0.39 is 21.7 Å². The fraction of sp³-hybridized carbons (Fsp3) is 0.0800. The predicted molar refractivity (Wildman–Crippen MR) is 136 cm³/mol. The maximum Gasteiger partial charge on any atom is 0.301 e. The summed E-state index contributed by atoms with van der Waals surface area (Å²) in [4.78, 5) is 20.4. The molecular weight excluding hydrogens is 511 g/mol. The lowest BCUT2D eigenvalue weighted by molar-refractivity contribution is 0.0959. The van der Waals surface area contributed by atoms with Gasteiger partial charge in [0.1, 0.15) is 22.5 Å². The summed E-state index contributed by atoms with van der Waals surface area (Å²) in [6.07, 6.45) is 9.27. The highest BCUT2D eigenvalue weighted by Gasteiger charge is 2.25. The molecule has 0 bridgehead atoms. The van der Waals surface area contributed by atoms with Gasteiger partial charge in [-0.15, -0.1) is 0 Å². The largest absolute Gasteiger partial charge is 0.355 e. The number of imidazole rings is 1. The molecule has 190 valence electrons. The minimum absolute atomic E-state index is 0.0898. The Morgan fingerprint density at radius 3 is 2.45 bits per heavy atom. The van der Waals surface area contributed by atoms with Gasteiger partial charge in [-0.05, 0) is 41.5 Å². The van der Waals surface area contributed by atoms with Crippen LogP contribution in [0.2, 0.25) is 0 Å². The molecule has 0 spiro atoms. The maximum atomic E-state index is 14.6. The molecule has 5 heterocycles. The van der Waals surface area contributed by atoms with Gasteiger partial charge in [0.25, 0.3) is 5.91 Å². The quantitative estimate of drug-likeness (QED) is 0.363. The number of pyridine rings is 2. The van der Waals surface area contributed by atoms with Gasteiger partial charge >= 0.3 is 10.0 Å². The van der Waals surface area contributed by atoms with Crippen molar-refractivity contribution in [2.75, 3.05) is 7.05 Å². The van der Waals surface area contributed by atoms with Gasteiger partial charge in [-0.25, -0.2) is 9.37 Å². The van der Waals surface area contributed by atoms with Crippen molar-refractivity contribution in [2.45, 2.75) is 5.03 Å². The molecule has 1 N–H and O–H groups in total. The first-order valence-electron chi connectivity index (χ1n) is 11.3. The minimum Gasteiger partial charge on any atom is -0.355 e. The number of aryl methyl sites for hydroxylation is 1. The third kappa shape index (κ3) is 3.71. The van der Waals surface area contributed by atoms with Gasteiger partial charge in [0, 0.05) is 43.8 Å². The van der Waals surface area contributed by atoms with E-state index in [-0.39, 0.29) is 10.6 Å². The van der Waals surface area contributed by atoms with Gasteiger partial charge in [0.2, 0.25) is 0 Å². The van der Waals surface area contributed by atoms with Crippen LogP contribution >= 0.6 is 0 Å². The molecule has 1 amide bonds. The number of nitrogens with one attached hydrogen (secondary N) is 1. The normalized spacial score (nSPS) is 11.9. The zero-order valence-corrected chi connectivity index (χ0v) is 20.9. The van der Waals surface area contributed by atoms with E-state index in [1.54, 1.807) is 60.8 Å². The number of rotatable bonds is 5. The summed E-state index contributed by atoms with van der Waals surface area (Å²) in [5.41, 5.74) is 3.44. The SMILES string of the molecule is CNC(=O)c1ccc(-c2ccc3ncc(S(=O)(=O)n4ncc5ncc(-c6cnn(C)c6)cc54)n3c2)cc1F. The van der Waals surface area contributed by atoms with Crippen molar-refractivity contribution in [1.29, 1.82) is 0 Å². The molecule has 11 nitrogen and oxygen atoms in total. The van der Waals surface area contributed by atoms with Crippen LogP contribution in [0, 0.1) is 5.82 Å². The van der Waals surface area contributed by atoms with Gasteiger partial charge in [-0.3, -0.25) is 18.9 Å². The molecule has 0 aliphatic heterocycles. The highest BCUT2D eigenvalue weighted by Crippen LogP contribution is 2.27. The van der Waals surface area contributed by atoms with E-state index in [1.807, 2.05) is 0 Å². The zero-order valence-electron chi connectivity index (χ0n) is 20.1. The average molecular weight is 531 g/mol. The van der Waals surface area contributed by atoms with Gasteiger partial charge in [-0.2, -0.15) is 22.7 Å². The number of halogens is 1. The van der Waals surface area contributed by atoms with Gasteiger partial charge in [-0.1, -0.05) is 6.07 Å². The summed E-state index contributed by atoms with van der Waals surface area (Å²) in [5.74, 6) is -1.24. The van der Waals surface area contributed by atoms with E-state index in [9.17, 15) is 17.6 Å². The van der Waals surface area contributed by atoms with Crippen LogP contribution in [-0.4, -0.2) is 54.7 Å². The Morgan fingerprint density at radius 1 is 0.895 bits per heavy atom. The highest BCUT2D eigenvalue weighted by molar-refractivity contribution is 7.90. The van der Waals surface area contributed by atoms with E-state index in [0.29, 0.717) is 33.4 Å². The fourth-order valence-corrected chi connectivity index (χ4v) is 5.56. The predicted octanol–water partition coefficient (Wildman–Crippen LogP) is 2.88. The van der Waals surface area contributed by atoms with Crippen molar-refractivity contribution in [2.24, 2.45) is 7.05 Å². The Morgan fingerprint density at radius 2 is 1.71 bits per heavy atom. The Balaban J connectivity index is 1.45. The molecular formula is C25H19FN8O3S. The molecule has 0 atom stereocenters. The molecule has 0 radical (unpaired) electrons. The zero-order chi connectivity index (χ0) is 26.6. The monoisotopic (exact) mass is 530 g/mol. The summed E-state index contributed by atoms with van der Waals surface area (Å²) in [5, 5.41) is 10.5. The van der Waals surface area contributed by atoms with E-state index in [2.05, 4.69) is 25.5 Å². The Bertz CT molecular complexity index is 1990. The van der Waals surface area contributed by atoms with Crippen LogP contribution in [-0.2, 0) is 17.1 Å². The smallest absolute Gasteiger partial charge is 0.301 e. The fourth-order valence-electron chi connectivity index (χ4n) is 4.23. The van der Waals surface area contributed by atoms with Crippen LogP contribution < -0.4 is 5.32 Å². The first-order valence-corrected chi connectivity index (χ1v) is 12.8. The number of amides is 1. The van der Waals surface area contributed by atoms with Gasteiger partial charge in [0.15, 0.2) is 5.03 Å². The van der Waals surface area contributed by atoms with Crippen molar-refractivity contribution in [3.8, 4) is 22.3 Å². The Hall–Kier alpha value is -4.91. The number of hydrogen-bond acceptors (Lipinski definition) is 7. The molecule has 0 aliphatic carbocycles. The third-order valence-corrected chi connectivity index (χ3v) is 7.74. The number of nitrogens with zero attached hydrogens (tertiary/aromatic N) is 7. The van der Waals surface area contributed by atoms with E-state index in [4.69, 9.17) is 0 Å². The maximum absolute atomic E-state index is 14.6. The first-order chi connectivity index (χ1) is 18.3. The van der Waals surface area contributed by atoms with Crippen LogP contribution in [0.15, 0.2) is 78.6 Å². The second-order valence-corrected chi connectivity index (χ2v) is 10.3. The van der Waals surface area contributed by atoms with E-state index in [0.717, 1.165) is 9.65 Å². The van der Waals surface area contributed by atoms with Crippen molar-refractivity contribution >= 4 is 32.6 Å². The third-order valence-electron chi connectivity index (χ3n) is 6.16. The molecule has 5 aromatic heterocycles. The van der Waals surface area contributed by atoms with Crippen molar-refractivity contribution < 1.29 is 17.6 Å². The number of hydrogen-bond donors (Lipinski definition) is 1. The molecule has 6 aromatic rings. The molecule has 0 fully saturated rings. The second-order valence-electron chi connectivity index (χ2n) is 8.54. The van der Waals surface area contributed by atoms with Gasteiger partial charge in [0.05, 0.1) is 24.2 Å². The number of benzene rings is 1. The number of carbonyl (C=O) groups is 1. The van der Waals surface area contributed by atoms with Crippen molar-refractivity contribution in [1.82, 2.24) is 38.7 Å². The molecule has 13 heteroatoms. The summed E-state index contributed by atoms with van der Waals surface area (Å²) in [6.45, 7) is 0. The average Bonchev–Trinajstić information content (AvgIpc) is 3.65. The van der Waals surface area contributed by atoms with Crippen LogP contribution in [0.4, 0.5) is 4.39 Å². The lowest BCUT2D eigenvalue weighted by Gasteiger charge is -2.09. The minimum atomic E-state index is -4.21. The molecule has 6 rings (SSSR count). The second kappa shape index (κ2) is 8.59. The van der Waals surface area contributed by atoms with Crippen molar-refractivity contribution in [3.63, 3.8) is 0 Å². The number of fused-ring (bicyclic) bond motifs is 2. The summed E-state index contributed by atoms with van der Waals surface area (Å²) in [7, 11) is -1.00. The highest BCUT2D eigenvalue weighted by atomic mass is 32.2. The van der Waals surface area contributed by atoms with E-state index in [1.165, 1.54) is 36.0 Å². The molecule has 0 unspecified atom stereocenters. The molecule has 0 saturated heterocycles. The van der Waals surface area contributed by atoms with Crippen molar-refractivity contribution in [3.05, 3.63) is 85.0 Å². The standard InChI is InChI=1S/C25H19FN8O3S/c1-27-25(35)19-5-3-15(7-20(19)26)16-4-6-23-29-12-24(33(23)14-16)38(36,37)34-22-8-17(9-28-21(22)11-31-34)18-10-30-32(2)13-18/h3-14H,1-2H3,(H,27,35). The topological polar surface area (TPSA) is 129 Å².